The second kappa shape index (κ2) is 12.7. The van der Waals surface area contributed by atoms with E-state index >= 15 is 0 Å². The summed E-state index contributed by atoms with van der Waals surface area (Å²) in [4.78, 5) is 30.9. The summed E-state index contributed by atoms with van der Waals surface area (Å²) in [6.45, 7) is 5.91. The van der Waals surface area contributed by atoms with E-state index in [4.69, 9.17) is 14.5 Å². The molecule has 6 rings (SSSR count). The van der Waals surface area contributed by atoms with Gasteiger partial charge in [-0.25, -0.2) is 4.98 Å². The van der Waals surface area contributed by atoms with Gasteiger partial charge in [0, 0.05) is 54.8 Å². The summed E-state index contributed by atoms with van der Waals surface area (Å²) >= 11 is 1.64. The molecule has 226 valence electrons. The van der Waals surface area contributed by atoms with Gasteiger partial charge in [0.05, 0.1) is 15.7 Å². The summed E-state index contributed by atoms with van der Waals surface area (Å²) in [6, 6.07) is 21.6. The van der Waals surface area contributed by atoms with Crippen LogP contribution >= 0.6 is 11.3 Å². The molecule has 0 saturated carbocycles. The quantitative estimate of drug-likeness (QED) is 0.182. The van der Waals surface area contributed by atoms with Gasteiger partial charge >= 0.3 is 0 Å². The summed E-state index contributed by atoms with van der Waals surface area (Å²) in [6.07, 6.45) is 4.15. The Labute approximate surface area is 259 Å². The summed E-state index contributed by atoms with van der Waals surface area (Å²) in [5, 5.41) is 14.5. The molecule has 5 aromatic rings. The third-order valence-electron chi connectivity index (χ3n) is 8.01. The number of rotatable bonds is 9. The minimum Gasteiger partial charge on any atom is -0.459 e. The minimum absolute atomic E-state index is 0.0288. The third kappa shape index (κ3) is 5.91. The molecule has 3 aromatic carbocycles. The number of aromatic nitrogens is 2. The van der Waals surface area contributed by atoms with E-state index in [9.17, 15) is 14.7 Å². The van der Waals surface area contributed by atoms with E-state index in [0.29, 0.717) is 25.1 Å². The number of aryl methyl sites for hydroxylation is 1. The molecule has 2 N–H and O–H groups in total. The average Bonchev–Trinajstić information content (AvgIpc) is 3.62. The number of nitrogens with zero attached hydrogens (tertiary/aromatic N) is 2. The number of fused-ring (bicyclic) bond motifs is 2. The Morgan fingerprint density at radius 3 is 2.66 bits per heavy atom. The molecule has 0 bridgehead atoms. The lowest BCUT2D eigenvalue weighted by atomic mass is 9.80. The van der Waals surface area contributed by atoms with E-state index < -0.39 is 6.29 Å². The number of amides is 1. The number of carbonyl (C=O) groups excluding carboxylic acids is 2. The number of aliphatic hydroxyl groups is 1. The number of carbonyl (C=O) groups is 2. The number of ether oxygens (including phenoxy) is 2. The third-order valence-corrected chi connectivity index (χ3v) is 9.08. The number of benzene rings is 3. The smallest absolute Gasteiger partial charge is 0.290 e. The normalized spacial score (nSPS) is 18.3. The predicted molar refractivity (Wildman–Crippen MR) is 174 cm³/mol. The Balaban J connectivity index is 1.31. The van der Waals surface area contributed by atoms with Crippen molar-refractivity contribution < 1.29 is 24.2 Å². The van der Waals surface area contributed by atoms with E-state index in [2.05, 4.69) is 24.4 Å². The lowest BCUT2D eigenvalue weighted by Gasteiger charge is -2.36. The number of anilines is 1. The molecule has 3 heterocycles. The molecule has 0 spiro atoms. The Morgan fingerprint density at radius 2 is 1.91 bits per heavy atom. The molecule has 8 nitrogen and oxygen atoms in total. The lowest BCUT2D eigenvalue weighted by Crippen LogP contribution is -2.37. The molecule has 44 heavy (non-hydrogen) atoms. The fourth-order valence-electron chi connectivity index (χ4n) is 5.90. The Kier molecular flexibility index (Phi) is 8.61. The molecule has 9 heteroatoms. The van der Waals surface area contributed by atoms with Crippen LogP contribution in [0.2, 0.25) is 0 Å². The lowest BCUT2D eigenvalue weighted by molar-refractivity contribution is -0.164. The minimum atomic E-state index is -0.702. The van der Waals surface area contributed by atoms with Gasteiger partial charge in [-0.05, 0) is 86.4 Å². The first-order chi connectivity index (χ1) is 21.4. The summed E-state index contributed by atoms with van der Waals surface area (Å²) in [5.74, 6) is -0.804. The molecule has 1 aliphatic heterocycles. The van der Waals surface area contributed by atoms with Crippen molar-refractivity contribution >= 4 is 50.0 Å². The van der Waals surface area contributed by atoms with Crippen LogP contribution in [0.4, 0.5) is 5.69 Å². The molecule has 3 atom stereocenters. The van der Waals surface area contributed by atoms with Crippen molar-refractivity contribution in [2.75, 3.05) is 18.5 Å². The number of aliphatic hydroxyl groups excluding tert-OH is 1. The molecule has 0 saturated heterocycles. The standard InChI is InChI=1S/C35H35N3O5S/c1-4-42-35-26(9-7-17-39)27(28-20-38(22(3)40)30-10-6-5-8-25(28)30)19-31(43-35)33(41)36-24-14-12-23(13-15-24)34-37-29-16-11-21(2)18-32(29)44-34/h5-6,8,10-16,18-20,26-27,35,39H,4,7,9,17H2,1-3H3,(H,36,41)/t26-,27+,35-/m1/s1. The predicted octanol–water partition coefficient (Wildman–Crippen LogP) is 7.27. The van der Waals surface area contributed by atoms with Gasteiger partial charge in [-0.3, -0.25) is 14.2 Å². The summed E-state index contributed by atoms with van der Waals surface area (Å²) in [5.41, 5.74) is 5.48. The highest BCUT2D eigenvalue weighted by molar-refractivity contribution is 7.21. The van der Waals surface area contributed by atoms with E-state index in [0.717, 1.165) is 37.3 Å². The number of hydrogen-bond donors (Lipinski definition) is 2. The van der Waals surface area contributed by atoms with Gasteiger partial charge in [0.1, 0.15) is 5.01 Å². The first-order valence-electron chi connectivity index (χ1n) is 14.9. The maximum Gasteiger partial charge on any atom is 0.290 e. The molecule has 0 aliphatic carbocycles. The average molecular weight is 610 g/mol. The molecule has 1 aliphatic rings. The maximum atomic E-state index is 13.6. The zero-order valence-electron chi connectivity index (χ0n) is 24.9. The fourth-order valence-corrected chi connectivity index (χ4v) is 6.97. The first kappa shape index (κ1) is 29.7. The molecule has 2 aromatic heterocycles. The van der Waals surface area contributed by atoms with Gasteiger partial charge < -0.3 is 19.9 Å². The number of nitrogens with one attached hydrogen (secondary N) is 1. The highest BCUT2D eigenvalue weighted by Crippen LogP contribution is 2.42. The number of allylic oxidation sites excluding steroid dienone is 1. The molecular weight excluding hydrogens is 574 g/mol. The van der Waals surface area contributed by atoms with Gasteiger partial charge in [0.15, 0.2) is 5.76 Å². The van der Waals surface area contributed by atoms with Gasteiger partial charge in [0.2, 0.25) is 12.2 Å². The molecule has 0 radical (unpaired) electrons. The van der Waals surface area contributed by atoms with Crippen molar-refractivity contribution in [3.8, 4) is 10.6 Å². The van der Waals surface area contributed by atoms with Crippen LogP contribution in [0, 0.1) is 12.8 Å². The first-order valence-corrected chi connectivity index (χ1v) is 15.7. The van der Waals surface area contributed by atoms with Crippen LogP contribution in [-0.2, 0) is 14.3 Å². The summed E-state index contributed by atoms with van der Waals surface area (Å²) < 4.78 is 15.0. The van der Waals surface area contributed by atoms with E-state index in [1.54, 1.807) is 15.9 Å². The van der Waals surface area contributed by atoms with Crippen LogP contribution in [0.25, 0.3) is 31.7 Å². The van der Waals surface area contributed by atoms with Crippen LogP contribution in [0.3, 0.4) is 0 Å². The zero-order chi connectivity index (χ0) is 30.8. The SMILES string of the molecule is CCO[C@@H]1OC(C(=O)Nc2ccc(-c3nc4ccc(C)cc4s3)cc2)=C[C@H](c2cn(C(C)=O)c3ccccc23)[C@H]1CCCO. The Hall–Kier alpha value is -4.31. The molecule has 0 fully saturated rings. The van der Waals surface area contributed by atoms with Gasteiger partial charge in [-0.1, -0.05) is 24.3 Å². The van der Waals surface area contributed by atoms with Crippen LogP contribution in [0.5, 0.6) is 0 Å². The highest BCUT2D eigenvalue weighted by atomic mass is 32.1. The van der Waals surface area contributed by atoms with E-state index in [1.165, 1.54) is 12.5 Å². The number of thiazole rings is 1. The van der Waals surface area contributed by atoms with Gasteiger partial charge in [-0.2, -0.15) is 0 Å². The largest absolute Gasteiger partial charge is 0.459 e. The van der Waals surface area contributed by atoms with Crippen molar-refractivity contribution in [3.05, 3.63) is 95.9 Å². The van der Waals surface area contributed by atoms with Crippen LogP contribution in [0.1, 0.15) is 48.5 Å². The zero-order valence-corrected chi connectivity index (χ0v) is 25.8. The topological polar surface area (TPSA) is 103 Å². The molecular formula is C35H35N3O5S. The fraction of sp³-hybridized carbons (Fsp3) is 0.286. The highest BCUT2D eigenvalue weighted by Gasteiger charge is 2.39. The van der Waals surface area contributed by atoms with Crippen molar-refractivity contribution in [3.63, 3.8) is 0 Å². The van der Waals surface area contributed by atoms with E-state index in [1.807, 2.05) is 73.8 Å². The number of para-hydroxylation sites is 1. The van der Waals surface area contributed by atoms with Crippen molar-refractivity contribution in [2.45, 2.75) is 45.8 Å². The van der Waals surface area contributed by atoms with Crippen molar-refractivity contribution in [1.82, 2.24) is 9.55 Å². The maximum absolute atomic E-state index is 13.6. The van der Waals surface area contributed by atoms with Gasteiger partial charge in [-0.15, -0.1) is 11.3 Å². The Bertz CT molecular complexity index is 1860. The number of hydrogen-bond acceptors (Lipinski definition) is 7. The van der Waals surface area contributed by atoms with Crippen LogP contribution in [0.15, 0.2) is 84.8 Å². The second-order valence-corrected chi connectivity index (χ2v) is 12.1. The molecule has 1 amide bonds. The molecule has 0 unspecified atom stereocenters. The van der Waals surface area contributed by atoms with E-state index in [-0.39, 0.29) is 36.0 Å². The van der Waals surface area contributed by atoms with Crippen LogP contribution < -0.4 is 5.32 Å². The van der Waals surface area contributed by atoms with Crippen LogP contribution in [-0.4, -0.2) is 46.0 Å². The monoisotopic (exact) mass is 609 g/mol. The van der Waals surface area contributed by atoms with Crippen molar-refractivity contribution in [2.24, 2.45) is 5.92 Å². The van der Waals surface area contributed by atoms with Gasteiger partial charge in [0.25, 0.3) is 5.91 Å². The second-order valence-electron chi connectivity index (χ2n) is 11.0. The summed E-state index contributed by atoms with van der Waals surface area (Å²) in [7, 11) is 0. The van der Waals surface area contributed by atoms with Crippen molar-refractivity contribution in [1.29, 1.82) is 0 Å². The Morgan fingerprint density at radius 1 is 1.11 bits per heavy atom.